The van der Waals surface area contributed by atoms with Crippen molar-refractivity contribution in [2.75, 3.05) is 5.75 Å². The van der Waals surface area contributed by atoms with E-state index in [0.717, 1.165) is 21.8 Å². The van der Waals surface area contributed by atoms with Gasteiger partial charge in [0.25, 0.3) is 0 Å². The molecule has 0 heterocycles. The van der Waals surface area contributed by atoms with E-state index in [4.69, 9.17) is 23.2 Å². The second kappa shape index (κ2) is 14.3. The van der Waals surface area contributed by atoms with Crippen LogP contribution in [0.15, 0.2) is 83.8 Å². The summed E-state index contributed by atoms with van der Waals surface area (Å²) in [6, 6.07) is 24.3. The quantitative estimate of drug-likeness (QED) is 0.197. The Hall–Kier alpha value is -2.47. The fourth-order valence-corrected chi connectivity index (χ4v) is 5.01. The number of nitrogens with zero attached hydrogens (tertiary/aromatic N) is 1. The Labute approximate surface area is 228 Å². The third-order valence-electron chi connectivity index (χ3n) is 5.62. The molecule has 4 nitrogen and oxygen atoms in total. The third-order valence-corrected chi connectivity index (χ3v) is 7.34. The number of hydrogen-bond donors (Lipinski definition) is 1. The number of amides is 2. The first kappa shape index (κ1) is 28.1. The van der Waals surface area contributed by atoms with Gasteiger partial charge >= 0.3 is 0 Å². The Morgan fingerprint density at radius 3 is 2.25 bits per heavy atom. The van der Waals surface area contributed by atoms with Crippen LogP contribution in [-0.2, 0) is 22.6 Å². The highest BCUT2D eigenvalue weighted by Gasteiger charge is 2.30. The van der Waals surface area contributed by atoms with Gasteiger partial charge in [-0.05, 0) is 67.5 Å². The monoisotopic (exact) mass is 542 g/mol. The van der Waals surface area contributed by atoms with Gasteiger partial charge in [-0.25, -0.2) is 0 Å². The summed E-state index contributed by atoms with van der Waals surface area (Å²) in [5.41, 5.74) is 1.81. The fourth-order valence-electron chi connectivity index (χ4n) is 3.83. The van der Waals surface area contributed by atoms with Gasteiger partial charge in [-0.3, -0.25) is 9.59 Å². The third kappa shape index (κ3) is 8.88. The van der Waals surface area contributed by atoms with Crippen LogP contribution in [0.3, 0.4) is 0 Å². The molecule has 0 saturated carbocycles. The van der Waals surface area contributed by atoms with Crippen LogP contribution in [0.1, 0.15) is 37.8 Å². The highest BCUT2D eigenvalue weighted by Crippen LogP contribution is 2.24. The predicted molar refractivity (Wildman–Crippen MR) is 151 cm³/mol. The maximum Gasteiger partial charge on any atom is 0.243 e. The first-order valence-corrected chi connectivity index (χ1v) is 13.8. The molecule has 2 amide bonds. The van der Waals surface area contributed by atoms with Crippen LogP contribution in [0.4, 0.5) is 0 Å². The first-order valence-electron chi connectivity index (χ1n) is 12.1. The van der Waals surface area contributed by atoms with E-state index in [1.165, 1.54) is 0 Å². The summed E-state index contributed by atoms with van der Waals surface area (Å²) < 4.78 is 0. The van der Waals surface area contributed by atoms with Crippen molar-refractivity contribution in [2.45, 2.75) is 56.6 Å². The zero-order chi connectivity index (χ0) is 25.9. The SMILES string of the molecule is CC(C)NC(=O)[C@H](Cc1ccccc1)N(Cc1ccccc1Cl)C(=O)CCCSc1ccc(Cl)cc1. The molecule has 0 saturated heterocycles. The van der Waals surface area contributed by atoms with Crippen LogP contribution >= 0.6 is 35.0 Å². The van der Waals surface area contributed by atoms with Gasteiger partial charge in [0.1, 0.15) is 6.04 Å². The van der Waals surface area contributed by atoms with Crippen LogP contribution in [0.5, 0.6) is 0 Å². The Balaban J connectivity index is 1.79. The van der Waals surface area contributed by atoms with Crippen molar-refractivity contribution in [1.82, 2.24) is 10.2 Å². The number of benzene rings is 3. The van der Waals surface area contributed by atoms with Gasteiger partial charge in [-0.15, -0.1) is 11.8 Å². The van der Waals surface area contributed by atoms with E-state index in [1.807, 2.05) is 92.7 Å². The minimum atomic E-state index is -0.650. The largest absolute Gasteiger partial charge is 0.352 e. The molecule has 3 aromatic carbocycles. The highest BCUT2D eigenvalue weighted by atomic mass is 35.5. The van der Waals surface area contributed by atoms with Crippen LogP contribution in [0, 0.1) is 0 Å². The van der Waals surface area contributed by atoms with Crippen LogP contribution in [0.2, 0.25) is 10.0 Å². The smallest absolute Gasteiger partial charge is 0.243 e. The van der Waals surface area contributed by atoms with Crippen molar-refractivity contribution in [1.29, 1.82) is 0 Å². The zero-order valence-electron chi connectivity index (χ0n) is 20.6. The van der Waals surface area contributed by atoms with E-state index in [0.29, 0.717) is 29.3 Å². The normalized spacial score (nSPS) is 11.8. The fraction of sp³-hybridized carbons (Fsp3) is 0.310. The van der Waals surface area contributed by atoms with Crippen molar-refractivity contribution in [3.8, 4) is 0 Å². The molecule has 0 fully saturated rings. The summed E-state index contributed by atoms with van der Waals surface area (Å²) >= 11 is 14.1. The minimum absolute atomic E-state index is 0.0381. The lowest BCUT2D eigenvalue weighted by Crippen LogP contribution is -2.51. The maximum absolute atomic E-state index is 13.6. The molecule has 0 radical (unpaired) electrons. The first-order chi connectivity index (χ1) is 17.3. The summed E-state index contributed by atoms with van der Waals surface area (Å²) in [5, 5.41) is 4.29. The Morgan fingerprint density at radius 1 is 0.917 bits per heavy atom. The summed E-state index contributed by atoms with van der Waals surface area (Å²) in [5.74, 6) is 0.561. The number of carbonyl (C=O) groups is 2. The molecule has 0 unspecified atom stereocenters. The lowest BCUT2D eigenvalue weighted by atomic mass is 10.0. The van der Waals surface area contributed by atoms with Crippen molar-refractivity contribution < 1.29 is 9.59 Å². The van der Waals surface area contributed by atoms with Crippen molar-refractivity contribution in [3.05, 3.63) is 100 Å². The van der Waals surface area contributed by atoms with E-state index in [1.54, 1.807) is 16.7 Å². The molecule has 7 heteroatoms. The number of thioether (sulfide) groups is 1. The summed E-state index contributed by atoms with van der Waals surface area (Å²) in [6.45, 7) is 4.11. The van der Waals surface area contributed by atoms with E-state index < -0.39 is 6.04 Å². The molecule has 0 aliphatic heterocycles. The molecule has 3 rings (SSSR count). The maximum atomic E-state index is 13.6. The molecule has 36 heavy (non-hydrogen) atoms. The Bertz CT molecular complexity index is 1120. The van der Waals surface area contributed by atoms with Crippen LogP contribution in [-0.4, -0.2) is 34.6 Å². The molecule has 0 bridgehead atoms. The van der Waals surface area contributed by atoms with Gasteiger partial charge in [0.15, 0.2) is 0 Å². The summed E-state index contributed by atoms with van der Waals surface area (Å²) in [4.78, 5) is 29.8. The lowest BCUT2D eigenvalue weighted by molar-refractivity contribution is -0.141. The van der Waals surface area contributed by atoms with Crippen molar-refractivity contribution in [3.63, 3.8) is 0 Å². The van der Waals surface area contributed by atoms with Crippen LogP contribution < -0.4 is 5.32 Å². The molecule has 0 aromatic heterocycles. The summed E-state index contributed by atoms with van der Waals surface area (Å²) in [7, 11) is 0. The summed E-state index contributed by atoms with van der Waals surface area (Å²) in [6.07, 6.45) is 1.45. The van der Waals surface area contributed by atoms with Gasteiger partial charge in [0, 0.05) is 40.4 Å². The Kier molecular flexibility index (Phi) is 11.2. The molecule has 3 aromatic rings. The highest BCUT2D eigenvalue weighted by molar-refractivity contribution is 7.99. The molecule has 190 valence electrons. The second-order valence-corrected chi connectivity index (χ2v) is 10.9. The molecular weight excluding hydrogens is 511 g/mol. The second-order valence-electron chi connectivity index (χ2n) is 8.89. The number of nitrogens with one attached hydrogen (secondary N) is 1. The molecule has 0 aliphatic carbocycles. The number of halogens is 2. The Morgan fingerprint density at radius 2 is 1.58 bits per heavy atom. The lowest BCUT2D eigenvalue weighted by Gasteiger charge is -2.32. The molecule has 1 atom stereocenters. The molecule has 0 spiro atoms. The van der Waals surface area contributed by atoms with E-state index >= 15 is 0 Å². The average molecular weight is 544 g/mol. The van der Waals surface area contributed by atoms with E-state index in [-0.39, 0.29) is 24.4 Å². The standard InChI is InChI=1S/C29H32Cl2N2O2S/c1-21(2)32-29(35)27(19-22-9-4-3-5-10-22)33(20-23-11-6-7-12-26(23)31)28(34)13-8-18-36-25-16-14-24(30)15-17-25/h3-7,9-12,14-17,21,27H,8,13,18-20H2,1-2H3,(H,32,35)/t27-/m0/s1. The zero-order valence-corrected chi connectivity index (χ0v) is 23.0. The average Bonchev–Trinajstić information content (AvgIpc) is 2.86. The van der Waals surface area contributed by atoms with Gasteiger partial charge < -0.3 is 10.2 Å². The topological polar surface area (TPSA) is 49.4 Å². The molecule has 0 aliphatic rings. The van der Waals surface area contributed by atoms with Crippen molar-refractivity contribution in [2.24, 2.45) is 0 Å². The minimum Gasteiger partial charge on any atom is -0.352 e. The van der Waals surface area contributed by atoms with Gasteiger partial charge in [0.05, 0.1) is 0 Å². The number of hydrogen-bond acceptors (Lipinski definition) is 3. The van der Waals surface area contributed by atoms with Gasteiger partial charge in [-0.2, -0.15) is 0 Å². The van der Waals surface area contributed by atoms with Gasteiger partial charge in [0.2, 0.25) is 11.8 Å². The van der Waals surface area contributed by atoms with E-state index in [2.05, 4.69) is 5.32 Å². The van der Waals surface area contributed by atoms with Crippen molar-refractivity contribution >= 4 is 46.8 Å². The van der Waals surface area contributed by atoms with Crippen LogP contribution in [0.25, 0.3) is 0 Å². The van der Waals surface area contributed by atoms with Gasteiger partial charge in [-0.1, -0.05) is 71.7 Å². The molecule has 1 N–H and O–H groups in total. The number of rotatable bonds is 12. The molecular formula is C29H32Cl2N2O2S. The van der Waals surface area contributed by atoms with E-state index in [9.17, 15) is 9.59 Å². The number of carbonyl (C=O) groups excluding carboxylic acids is 2. The predicted octanol–water partition coefficient (Wildman–Crippen LogP) is 7.03.